The van der Waals surface area contributed by atoms with Crippen LogP contribution >= 0.6 is 0 Å². The van der Waals surface area contributed by atoms with Gasteiger partial charge in [-0.3, -0.25) is 4.90 Å². The number of halogens is 3. The van der Waals surface area contributed by atoms with E-state index in [1.807, 2.05) is 12.1 Å². The SMILES string of the molecule is COc1cc2c(cc1OC)C1CC(COCC(F)(F)F)C(CC(C)C)CN1CC2. The number of fused-ring (bicyclic) bond motifs is 3. The van der Waals surface area contributed by atoms with Crippen molar-refractivity contribution in [2.45, 2.75) is 45.3 Å². The van der Waals surface area contributed by atoms with Crippen LogP contribution in [-0.2, 0) is 11.2 Å². The van der Waals surface area contributed by atoms with Crippen molar-refractivity contribution in [3.05, 3.63) is 23.3 Å². The fourth-order valence-electron chi connectivity index (χ4n) is 4.91. The molecule has 0 radical (unpaired) electrons. The second kappa shape index (κ2) is 9.13. The van der Waals surface area contributed by atoms with Crippen molar-refractivity contribution in [3.63, 3.8) is 0 Å². The largest absolute Gasteiger partial charge is 0.493 e. The quantitative estimate of drug-likeness (QED) is 0.636. The van der Waals surface area contributed by atoms with E-state index in [4.69, 9.17) is 14.2 Å². The summed E-state index contributed by atoms with van der Waals surface area (Å²) < 4.78 is 53.8. The Morgan fingerprint density at radius 2 is 1.79 bits per heavy atom. The molecule has 1 aromatic rings. The van der Waals surface area contributed by atoms with Gasteiger partial charge >= 0.3 is 6.18 Å². The zero-order valence-corrected chi connectivity index (χ0v) is 17.7. The maximum atomic E-state index is 12.6. The van der Waals surface area contributed by atoms with Gasteiger partial charge in [0, 0.05) is 19.1 Å². The lowest BCUT2D eigenvalue weighted by Crippen LogP contribution is -2.47. The molecule has 29 heavy (non-hydrogen) atoms. The average Bonchev–Trinajstić information content (AvgIpc) is 2.65. The fraction of sp³-hybridized carbons (Fsp3) is 0.727. The second-order valence-corrected chi connectivity index (χ2v) is 8.68. The smallest absolute Gasteiger partial charge is 0.411 e. The summed E-state index contributed by atoms with van der Waals surface area (Å²) in [5.74, 6) is 2.38. The van der Waals surface area contributed by atoms with Gasteiger partial charge < -0.3 is 14.2 Å². The molecular formula is C22H32F3NO3. The molecule has 3 unspecified atom stereocenters. The molecular weight excluding hydrogens is 383 g/mol. The number of hydrogen-bond donors (Lipinski definition) is 0. The number of ether oxygens (including phenoxy) is 3. The Morgan fingerprint density at radius 1 is 1.10 bits per heavy atom. The molecule has 2 aliphatic heterocycles. The first-order valence-corrected chi connectivity index (χ1v) is 10.3. The molecule has 1 fully saturated rings. The number of methoxy groups -OCH3 is 2. The molecule has 0 amide bonds. The van der Waals surface area contributed by atoms with Crippen LogP contribution in [0.4, 0.5) is 13.2 Å². The third-order valence-corrected chi connectivity index (χ3v) is 6.15. The molecule has 0 saturated carbocycles. The number of hydrogen-bond acceptors (Lipinski definition) is 4. The van der Waals surface area contributed by atoms with Crippen LogP contribution < -0.4 is 9.47 Å². The predicted octanol–water partition coefficient (Wildman–Crippen LogP) is 4.86. The Morgan fingerprint density at radius 3 is 2.41 bits per heavy atom. The zero-order valence-electron chi connectivity index (χ0n) is 17.7. The van der Waals surface area contributed by atoms with Crippen molar-refractivity contribution in [2.24, 2.45) is 17.8 Å². The van der Waals surface area contributed by atoms with Gasteiger partial charge in [-0.2, -0.15) is 13.2 Å². The molecule has 2 heterocycles. The van der Waals surface area contributed by atoms with Crippen LogP contribution in [0.15, 0.2) is 12.1 Å². The molecule has 0 aliphatic carbocycles. The van der Waals surface area contributed by atoms with Crippen molar-refractivity contribution in [2.75, 3.05) is 40.5 Å². The third kappa shape index (κ3) is 5.37. The Kier molecular flexibility index (Phi) is 6.99. The molecule has 1 aromatic carbocycles. The zero-order chi connectivity index (χ0) is 21.2. The first kappa shape index (κ1) is 22.2. The fourth-order valence-corrected chi connectivity index (χ4v) is 4.91. The van der Waals surface area contributed by atoms with E-state index >= 15 is 0 Å². The standard InChI is InChI=1S/C22H32F3NO3/c1-14(2)7-16-11-26-6-5-15-9-20(27-3)21(28-4)10-18(15)19(26)8-17(16)12-29-13-22(23,24)25/h9-10,14,16-17,19H,5-8,11-13H2,1-4H3. The Hall–Kier alpha value is -1.47. The topological polar surface area (TPSA) is 30.9 Å². The molecule has 1 saturated heterocycles. The van der Waals surface area contributed by atoms with Crippen LogP contribution in [0.2, 0.25) is 0 Å². The summed E-state index contributed by atoms with van der Waals surface area (Å²) in [6.45, 7) is 5.18. The summed E-state index contributed by atoms with van der Waals surface area (Å²) in [4.78, 5) is 2.49. The molecule has 0 aromatic heterocycles. The van der Waals surface area contributed by atoms with E-state index in [0.717, 1.165) is 38.1 Å². The van der Waals surface area contributed by atoms with E-state index in [2.05, 4.69) is 18.7 Å². The number of benzene rings is 1. The highest BCUT2D eigenvalue weighted by Gasteiger charge is 2.40. The molecule has 7 heteroatoms. The Bertz CT molecular complexity index is 693. The summed E-state index contributed by atoms with van der Waals surface area (Å²) in [5.41, 5.74) is 2.44. The van der Waals surface area contributed by atoms with Crippen molar-refractivity contribution < 1.29 is 27.4 Å². The molecule has 4 nitrogen and oxygen atoms in total. The summed E-state index contributed by atoms with van der Waals surface area (Å²) in [5, 5.41) is 0. The molecule has 2 aliphatic rings. The maximum absolute atomic E-state index is 12.6. The van der Waals surface area contributed by atoms with Gasteiger partial charge in [0.05, 0.1) is 20.8 Å². The van der Waals surface area contributed by atoms with Gasteiger partial charge in [0.25, 0.3) is 0 Å². The minimum Gasteiger partial charge on any atom is -0.493 e. The van der Waals surface area contributed by atoms with Crippen LogP contribution in [0.1, 0.15) is 43.9 Å². The predicted molar refractivity (Wildman–Crippen MR) is 105 cm³/mol. The van der Waals surface area contributed by atoms with Gasteiger partial charge in [-0.05, 0) is 60.3 Å². The highest BCUT2D eigenvalue weighted by Crippen LogP contribution is 2.45. The minimum absolute atomic E-state index is 0.111. The van der Waals surface area contributed by atoms with Crippen LogP contribution in [0, 0.1) is 17.8 Å². The van der Waals surface area contributed by atoms with Crippen LogP contribution in [0.25, 0.3) is 0 Å². The second-order valence-electron chi connectivity index (χ2n) is 8.68. The van der Waals surface area contributed by atoms with Crippen LogP contribution in [-0.4, -0.2) is 51.6 Å². The van der Waals surface area contributed by atoms with E-state index in [-0.39, 0.29) is 18.6 Å². The first-order chi connectivity index (χ1) is 13.7. The van der Waals surface area contributed by atoms with Crippen molar-refractivity contribution in [1.82, 2.24) is 4.90 Å². The van der Waals surface area contributed by atoms with E-state index in [0.29, 0.717) is 17.6 Å². The van der Waals surface area contributed by atoms with Gasteiger partial charge in [-0.15, -0.1) is 0 Å². The van der Waals surface area contributed by atoms with E-state index in [1.165, 1.54) is 11.1 Å². The van der Waals surface area contributed by atoms with Crippen molar-refractivity contribution in [3.8, 4) is 11.5 Å². The highest BCUT2D eigenvalue weighted by atomic mass is 19.4. The monoisotopic (exact) mass is 415 g/mol. The third-order valence-electron chi connectivity index (χ3n) is 6.15. The molecule has 164 valence electrons. The van der Waals surface area contributed by atoms with E-state index in [9.17, 15) is 13.2 Å². The van der Waals surface area contributed by atoms with Crippen LogP contribution in [0.3, 0.4) is 0 Å². The van der Waals surface area contributed by atoms with Gasteiger partial charge in [0.15, 0.2) is 11.5 Å². The summed E-state index contributed by atoms with van der Waals surface area (Å²) in [6, 6.07) is 4.27. The number of rotatable bonds is 7. The highest BCUT2D eigenvalue weighted by molar-refractivity contribution is 5.49. The van der Waals surface area contributed by atoms with Crippen LogP contribution in [0.5, 0.6) is 11.5 Å². The lowest BCUT2D eigenvalue weighted by Gasteiger charge is -2.47. The summed E-state index contributed by atoms with van der Waals surface area (Å²) in [7, 11) is 3.25. The maximum Gasteiger partial charge on any atom is 0.411 e. The van der Waals surface area contributed by atoms with Gasteiger partial charge in [-0.25, -0.2) is 0 Å². The van der Waals surface area contributed by atoms with Crippen molar-refractivity contribution >= 4 is 0 Å². The number of nitrogens with zero attached hydrogens (tertiary/aromatic N) is 1. The van der Waals surface area contributed by atoms with E-state index < -0.39 is 12.8 Å². The van der Waals surface area contributed by atoms with E-state index in [1.54, 1.807) is 14.2 Å². The Balaban J connectivity index is 1.82. The molecule has 0 bridgehead atoms. The average molecular weight is 415 g/mol. The number of alkyl halides is 3. The number of piperidine rings is 1. The van der Waals surface area contributed by atoms with Gasteiger partial charge in [0.2, 0.25) is 0 Å². The lowest BCUT2D eigenvalue weighted by atomic mass is 9.74. The summed E-state index contributed by atoms with van der Waals surface area (Å²) >= 11 is 0. The Labute approximate surface area is 171 Å². The van der Waals surface area contributed by atoms with Gasteiger partial charge in [-0.1, -0.05) is 13.8 Å². The molecule has 0 N–H and O–H groups in total. The normalized spacial score (nSPS) is 24.9. The van der Waals surface area contributed by atoms with Gasteiger partial charge in [0.1, 0.15) is 6.61 Å². The minimum atomic E-state index is -4.28. The molecule has 3 atom stereocenters. The van der Waals surface area contributed by atoms with Crippen molar-refractivity contribution in [1.29, 1.82) is 0 Å². The molecule has 3 rings (SSSR count). The lowest BCUT2D eigenvalue weighted by molar-refractivity contribution is -0.179. The molecule has 0 spiro atoms. The summed E-state index contributed by atoms with van der Waals surface area (Å²) in [6.07, 6.45) is -1.54. The first-order valence-electron chi connectivity index (χ1n) is 10.3.